The summed E-state index contributed by atoms with van der Waals surface area (Å²) in [7, 11) is 0. The van der Waals surface area contributed by atoms with E-state index in [4.69, 9.17) is 4.74 Å². The molecule has 0 fully saturated rings. The molecule has 0 saturated carbocycles. The van der Waals surface area contributed by atoms with Crippen molar-refractivity contribution in [2.45, 2.75) is 90.2 Å². The number of rotatable bonds is 14. The molecule has 0 aliphatic rings. The fourth-order valence-corrected chi connectivity index (χ4v) is 2.35. The molecule has 25 heavy (non-hydrogen) atoms. The van der Waals surface area contributed by atoms with Gasteiger partial charge in [0.15, 0.2) is 0 Å². The van der Waals surface area contributed by atoms with Crippen LogP contribution in [0.5, 0.6) is 0 Å². The number of ether oxygens (including phenoxy) is 2. The van der Waals surface area contributed by atoms with E-state index in [2.05, 4.69) is 36.9 Å². The first kappa shape index (κ1) is 26.9. The van der Waals surface area contributed by atoms with Crippen molar-refractivity contribution in [1.82, 2.24) is 0 Å². The Balaban J connectivity index is 0. The maximum absolute atomic E-state index is 11.0. The van der Waals surface area contributed by atoms with E-state index in [1.54, 1.807) is 6.92 Å². The van der Waals surface area contributed by atoms with Crippen LogP contribution < -0.4 is 0 Å². The number of carbonyl (C=O) groups excluding carboxylic acids is 2. The van der Waals surface area contributed by atoms with Crippen molar-refractivity contribution >= 4 is 37.2 Å². The second-order valence-electron chi connectivity index (χ2n) is 5.83. The predicted molar refractivity (Wildman–Crippen MR) is 112 cm³/mol. The Morgan fingerprint density at radius 3 is 1.72 bits per heavy atom. The fraction of sp³-hybridized carbons (Fsp3) is 0.895. The highest BCUT2D eigenvalue weighted by Gasteiger charge is 2.11. The summed E-state index contributed by atoms with van der Waals surface area (Å²) in [5.41, 5.74) is 0. The molecular formula is C19H38O4S2. The Labute approximate surface area is 165 Å². The molecule has 0 saturated heterocycles. The summed E-state index contributed by atoms with van der Waals surface area (Å²) in [6.07, 6.45) is 12.2. The van der Waals surface area contributed by atoms with E-state index in [1.807, 2.05) is 6.92 Å². The standard InChI is InChI=1S/C14H28O2.C5H10O2S2/c1-3-5-6-7-8-9-10-11-12-13-14(15)16-4-2;1-2-7-5(6)4(9)3-8/h3-13H2,1-2H3;4,8-9H,2-3H2,1H3. The van der Waals surface area contributed by atoms with E-state index < -0.39 is 0 Å². The van der Waals surface area contributed by atoms with Crippen LogP contribution in [0.25, 0.3) is 0 Å². The van der Waals surface area contributed by atoms with Gasteiger partial charge in [-0.3, -0.25) is 9.59 Å². The minimum absolute atomic E-state index is 0.0366. The minimum Gasteiger partial charge on any atom is -0.466 e. The summed E-state index contributed by atoms with van der Waals surface area (Å²) in [5.74, 6) is 0.0864. The van der Waals surface area contributed by atoms with Gasteiger partial charge in [-0.1, -0.05) is 58.3 Å². The van der Waals surface area contributed by atoms with Gasteiger partial charge < -0.3 is 9.47 Å². The topological polar surface area (TPSA) is 52.6 Å². The molecule has 0 aromatic heterocycles. The van der Waals surface area contributed by atoms with Crippen molar-refractivity contribution in [3.63, 3.8) is 0 Å². The first-order valence-corrected chi connectivity index (χ1v) is 10.8. The molecule has 4 nitrogen and oxygen atoms in total. The van der Waals surface area contributed by atoms with Gasteiger partial charge in [-0.2, -0.15) is 25.3 Å². The summed E-state index contributed by atoms with van der Waals surface area (Å²) in [4.78, 5) is 21.7. The molecule has 0 rings (SSSR count). The van der Waals surface area contributed by atoms with Crippen LogP contribution in [-0.4, -0.2) is 36.2 Å². The lowest BCUT2D eigenvalue weighted by Crippen LogP contribution is -2.19. The van der Waals surface area contributed by atoms with E-state index in [9.17, 15) is 9.59 Å². The number of hydrogen-bond donors (Lipinski definition) is 2. The number of carbonyl (C=O) groups is 2. The maximum Gasteiger partial charge on any atom is 0.319 e. The smallest absolute Gasteiger partial charge is 0.319 e. The van der Waals surface area contributed by atoms with Crippen molar-refractivity contribution < 1.29 is 19.1 Å². The second kappa shape index (κ2) is 21.7. The van der Waals surface area contributed by atoms with Gasteiger partial charge in [0.05, 0.1) is 13.2 Å². The molecule has 1 unspecified atom stereocenters. The molecule has 0 radical (unpaired) electrons. The molecule has 0 amide bonds. The second-order valence-corrected chi connectivity index (χ2v) is 6.82. The van der Waals surface area contributed by atoms with Gasteiger partial charge in [0.25, 0.3) is 0 Å². The van der Waals surface area contributed by atoms with Gasteiger partial charge in [-0.05, 0) is 20.3 Å². The number of unbranched alkanes of at least 4 members (excludes halogenated alkanes) is 8. The normalized spacial score (nSPS) is 11.2. The summed E-state index contributed by atoms with van der Waals surface area (Å²) in [6.45, 7) is 6.78. The molecule has 0 heterocycles. The largest absolute Gasteiger partial charge is 0.466 e. The number of hydrogen-bond acceptors (Lipinski definition) is 6. The third-order valence-corrected chi connectivity index (χ3v) is 4.57. The fourth-order valence-electron chi connectivity index (χ4n) is 2.13. The highest BCUT2D eigenvalue weighted by molar-refractivity contribution is 7.85. The lowest BCUT2D eigenvalue weighted by molar-refractivity contribution is -0.143. The van der Waals surface area contributed by atoms with Gasteiger partial charge in [-0.15, -0.1) is 0 Å². The van der Waals surface area contributed by atoms with Gasteiger partial charge in [0, 0.05) is 12.2 Å². The van der Waals surface area contributed by atoms with E-state index in [0.29, 0.717) is 25.4 Å². The van der Waals surface area contributed by atoms with Crippen molar-refractivity contribution in [3.05, 3.63) is 0 Å². The van der Waals surface area contributed by atoms with Crippen LogP contribution in [0.15, 0.2) is 0 Å². The average Bonchev–Trinajstić information content (AvgIpc) is 2.60. The Morgan fingerprint density at radius 2 is 1.28 bits per heavy atom. The van der Waals surface area contributed by atoms with Crippen LogP contribution in [-0.2, 0) is 19.1 Å². The first-order valence-electron chi connectivity index (χ1n) is 9.64. The Kier molecular flexibility index (Phi) is 23.3. The zero-order valence-electron chi connectivity index (χ0n) is 16.3. The SMILES string of the molecule is CCCCCCCCCCCC(=O)OCC.CCOC(=O)C(S)CS. The summed E-state index contributed by atoms with van der Waals surface area (Å²) < 4.78 is 9.51. The predicted octanol–water partition coefficient (Wildman–Crippen LogP) is 5.25. The van der Waals surface area contributed by atoms with E-state index in [0.717, 1.165) is 6.42 Å². The van der Waals surface area contributed by atoms with Crippen LogP contribution in [0.2, 0.25) is 0 Å². The summed E-state index contributed by atoms with van der Waals surface area (Å²) in [6, 6.07) is 0. The Hall–Kier alpha value is -0.360. The molecule has 6 heteroatoms. The molecular weight excluding hydrogens is 356 g/mol. The van der Waals surface area contributed by atoms with Crippen molar-refractivity contribution in [2.75, 3.05) is 19.0 Å². The monoisotopic (exact) mass is 394 g/mol. The van der Waals surface area contributed by atoms with Gasteiger partial charge >= 0.3 is 11.9 Å². The molecule has 1 atom stereocenters. The van der Waals surface area contributed by atoms with Crippen LogP contribution in [0.4, 0.5) is 0 Å². The average molecular weight is 395 g/mol. The molecule has 0 aliphatic carbocycles. The summed E-state index contributed by atoms with van der Waals surface area (Å²) >= 11 is 7.78. The molecule has 0 N–H and O–H groups in total. The van der Waals surface area contributed by atoms with Crippen LogP contribution in [0.1, 0.15) is 85.0 Å². The van der Waals surface area contributed by atoms with Gasteiger partial charge in [-0.25, -0.2) is 0 Å². The maximum atomic E-state index is 11.0. The van der Waals surface area contributed by atoms with Crippen LogP contribution in [0.3, 0.4) is 0 Å². The van der Waals surface area contributed by atoms with Crippen molar-refractivity contribution in [2.24, 2.45) is 0 Å². The number of thiol groups is 2. The Bertz CT molecular complexity index is 312. The number of esters is 2. The van der Waals surface area contributed by atoms with Gasteiger partial charge in [0.1, 0.15) is 5.25 Å². The molecule has 0 aromatic carbocycles. The lowest BCUT2D eigenvalue weighted by atomic mass is 10.1. The molecule has 0 aromatic rings. The molecule has 150 valence electrons. The molecule has 0 aliphatic heterocycles. The zero-order valence-corrected chi connectivity index (χ0v) is 18.1. The third kappa shape index (κ3) is 21.6. The van der Waals surface area contributed by atoms with Crippen LogP contribution in [0, 0.1) is 0 Å². The minimum atomic E-state index is -0.381. The van der Waals surface area contributed by atoms with Crippen LogP contribution >= 0.6 is 25.3 Å². The lowest BCUT2D eigenvalue weighted by Gasteiger charge is -2.04. The molecule has 0 spiro atoms. The zero-order chi connectivity index (χ0) is 19.3. The highest BCUT2D eigenvalue weighted by Crippen LogP contribution is 2.10. The van der Waals surface area contributed by atoms with Crippen molar-refractivity contribution in [1.29, 1.82) is 0 Å². The van der Waals surface area contributed by atoms with E-state index in [-0.39, 0.29) is 17.2 Å². The molecule has 0 bridgehead atoms. The van der Waals surface area contributed by atoms with Gasteiger partial charge in [0.2, 0.25) is 0 Å². The third-order valence-electron chi connectivity index (χ3n) is 3.52. The van der Waals surface area contributed by atoms with E-state index in [1.165, 1.54) is 51.4 Å². The Morgan fingerprint density at radius 1 is 0.800 bits per heavy atom. The first-order chi connectivity index (χ1) is 12.0. The quantitative estimate of drug-likeness (QED) is 0.240. The highest BCUT2D eigenvalue weighted by atomic mass is 32.1. The van der Waals surface area contributed by atoms with Crippen molar-refractivity contribution in [3.8, 4) is 0 Å². The summed E-state index contributed by atoms with van der Waals surface area (Å²) in [5, 5.41) is -0.381. The van der Waals surface area contributed by atoms with E-state index >= 15 is 0 Å².